The lowest BCUT2D eigenvalue weighted by atomic mass is 10.2. The highest BCUT2D eigenvalue weighted by Crippen LogP contribution is 1.98. The van der Waals surface area contributed by atoms with Crippen molar-refractivity contribution in [2.24, 2.45) is 0 Å². The van der Waals surface area contributed by atoms with Gasteiger partial charge in [0.05, 0.1) is 0 Å². The predicted molar refractivity (Wildman–Crippen MR) is 38.5 cm³/mol. The van der Waals surface area contributed by atoms with Gasteiger partial charge in [-0.15, -0.1) is 0 Å². The molecule has 0 saturated heterocycles. The van der Waals surface area contributed by atoms with Gasteiger partial charge in [-0.3, -0.25) is 0 Å². The summed E-state index contributed by atoms with van der Waals surface area (Å²) in [5, 5.41) is 0. The van der Waals surface area contributed by atoms with Crippen molar-refractivity contribution in [1.29, 1.82) is 0 Å². The third kappa shape index (κ3) is 3.66. The van der Waals surface area contributed by atoms with Gasteiger partial charge in [-0.1, -0.05) is 23.3 Å². The van der Waals surface area contributed by atoms with Crippen LogP contribution in [0.25, 0.3) is 0 Å². The quantitative estimate of drug-likeness (QED) is 0.454. The minimum atomic E-state index is 1.23. The first-order valence-corrected chi connectivity index (χ1v) is 2.77. The summed E-state index contributed by atoms with van der Waals surface area (Å²) in [6.07, 6.45) is 3.96. The van der Waals surface area contributed by atoms with Gasteiger partial charge in [0.25, 0.3) is 0 Å². The van der Waals surface area contributed by atoms with E-state index in [-0.39, 0.29) is 0 Å². The smallest absolute Gasteiger partial charge is 0.0310 e. The summed E-state index contributed by atoms with van der Waals surface area (Å²) >= 11 is 0. The molecule has 8 heavy (non-hydrogen) atoms. The molecule has 0 heteroatoms. The molecule has 0 N–H and O–H groups in total. The van der Waals surface area contributed by atoms with Gasteiger partial charge in [-0.05, 0) is 27.7 Å². The molecule has 45 valence electrons. The predicted octanol–water partition coefficient (Wildman–Crippen LogP) is 2.73. The van der Waals surface area contributed by atoms with E-state index in [1.807, 2.05) is 13.0 Å². The maximum atomic E-state index is 3.63. The van der Waals surface area contributed by atoms with Gasteiger partial charge in [-0.25, -0.2) is 0 Å². The van der Waals surface area contributed by atoms with Crippen molar-refractivity contribution in [2.75, 3.05) is 0 Å². The molecule has 0 nitrogen and oxygen atoms in total. The lowest BCUT2D eigenvalue weighted by Crippen LogP contribution is -1.67. The second-order valence-corrected chi connectivity index (χ2v) is 2.17. The molecule has 0 spiro atoms. The Balaban J connectivity index is 3.89. The Morgan fingerprint density at radius 2 is 1.75 bits per heavy atom. The first-order chi connectivity index (χ1) is 3.66. The summed E-state index contributed by atoms with van der Waals surface area (Å²) in [5.41, 5.74) is 2.55. The van der Waals surface area contributed by atoms with E-state index >= 15 is 0 Å². The SMILES string of the molecule is [CH2]/C=C(\C)C=C(C)C. The summed E-state index contributed by atoms with van der Waals surface area (Å²) < 4.78 is 0. The minimum Gasteiger partial charge on any atom is -0.0813 e. The lowest BCUT2D eigenvalue weighted by Gasteiger charge is -1.88. The molecule has 0 aliphatic heterocycles. The zero-order valence-corrected chi connectivity index (χ0v) is 5.86. The summed E-state index contributed by atoms with van der Waals surface area (Å²) in [4.78, 5) is 0. The average Bonchev–Trinajstić information content (AvgIpc) is 1.65. The molecule has 0 aromatic carbocycles. The number of allylic oxidation sites excluding steroid dienone is 4. The number of hydrogen-bond acceptors (Lipinski definition) is 0. The van der Waals surface area contributed by atoms with Crippen LogP contribution in [0.4, 0.5) is 0 Å². The molecule has 0 unspecified atom stereocenters. The van der Waals surface area contributed by atoms with E-state index in [1.54, 1.807) is 0 Å². The Kier molecular flexibility index (Phi) is 3.25. The fourth-order valence-corrected chi connectivity index (χ4v) is 0.514. The van der Waals surface area contributed by atoms with E-state index in [4.69, 9.17) is 0 Å². The van der Waals surface area contributed by atoms with E-state index in [2.05, 4.69) is 26.8 Å². The van der Waals surface area contributed by atoms with Gasteiger partial charge in [0.15, 0.2) is 0 Å². The third-order valence-electron chi connectivity index (χ3n) is 0.838. The third-order valence-corrected chi connectivity index (χ3v) is 0.838. The molecule has 0 aliphatic rings. The molecule has 0 atom stereocenters. The first-order valence-electron chi connectivity index (χ1n) is 2.77. The van der Waals surface area contributed by atoms with Crippen LogP contribution in [0, 0.1) is 6.92 Å². The molecule has 1 radical (unpaired) electrons. The van der Waals surface area contributed by atoms with Gasteiger partial charge in [0.2, 0.25) is 0 Å². The Bertz CT molecular complexity index is 112. The summed E-state index contributed by atoms with van der Waals surface area (Å²) in [5.74, 6) is 0. The van der Waals surface area contributed by atoms with Crippen LogP contribution >= 0.6 is 0 Å². The van der Waals surface area contributed by atoms with Crippen LogP contribution < -0.4 is 0 Å². The van der Waals surface area contributed by atoms with Crippen LogP contribution in [-0.2, 0) is 0 Å². The average molecular weight is 109 g/mol. The molecule has 0 aromatic rings. The zero-order chi connectivity index (χ0) is 6.57. The van der Waals surface area contributed by atoms with Crippen molar-refractivity contribution < 1.29 is 0 Å². The maximum Gasteiger partial charge on any atom is -0.0310 e. The van der Waals surface area contributed by atoms with E-state index < -0.39 is 0 Å². The van der Waals surface area contributed by atoms with Crippen molar-refractivity contribution in [3.8, 4) is 0 Å². The number of rotatable bonds is 1. The highest BCUT2D eigenvalue weighted by atomic mass is 13.8. The highest BCUT2D eigenvalue weighted by molar-refractivity contribution is 5.19. The normalized spacial score (nSPS) is 11.2. The van der Waals surface area contributed by atoms with E-state index in [9.17, 15) is 0 Å². The summed E-state index contributed by atoms with van der Waals surface area (Å²) in [6.45, 7) is 9.83. The van der Waals surface area contributed by atoms with Crippen LogP contribution in [0.3, 0.4) is 0 Å². The highest BCUT2D eigenvalue weighted by Gasteiger charge is 1.77. The van der Waals surface area contributed by atoms with Crippen LogP contribution in [0.5, 0.6) is 0 Å². The lowest BCUT2D eigenvalue weighted by molar-refractivity contribution is 1.35. The van der Waals surface area contributed by atoms with Gasteiger partial charge in [0, 0.05) is 0 Å². The van der Waals surface area contributed by atoms with Crippen molar-refractivity contribution in [3.05, 3.63) is 30.2 Å². The van der Waals surface area contributed by atoms with Crippen molar-refractivity contribution in [2.45, 2.75) is 20.8 Å². The second-order valence-electron chi connectivity index (χ2n) is 2.17. The van der Waals surface area contributed by atoms with Gasteiger partial charge < -0.3 is 0 Å². The van der Waals surface area contributed by atoms with Gasteiger partial charge in [-0.2, -0.15) is 0 Å². The first kappa shape index (κ1) is 7.48. The monoisotopic (exact) mass is 109 g/mol. The van der Waals surface area contributed by atoms with Crippen LogP contribution in [0.15, 0.2) is 23.3 Å². The molecule has 0 rings (SSSR count). The topological polar surface area (TPSA) is 0 Å². The fraction of sp³-hybridized carbons (Fsp3) is 0.375. The molecule has 0 aromatic heterocycles. The second kappa shape index (κ2) is 3.48. The molecule has 0 fully saturated rings. The van der Waals surface area contributed by atoms with Crippen LogP contribution in [0.2, 0.25) is 0 Å². The number of hydrogen-bond donors (Lipinski definition) is 0. The van der Waals surface area contributed by atoms with Crippen molar-refractivity contribution >= 4 is 0 Å². The Hall–Kier alpha value is -0.520. The van der Waals surface area contributed by atoms with E-state index in [0.717, 1.165) is 0 Å². The molecule has 0 saturated carbocycles. The van der Waals surface area contributed by atoms with E-state index in [1.165, 1.54) is 11.1 Å². The molecule has 0 bridgehead atoms. The molecule has 0 aliphatic carbocycles. The van der Waals surface area contributed by atoms with Crippen LogP contribution in [0.1, 0.15) is 20.8 Å². The van der Waals surface area contributed by atoms with E-state index in [0.29, 0.717) is 0 Å². The van der Waals surface area contributed by atoms with Crippen molar-refractivity contribution in [3.63, 3.8) is 0 Å². The van der Waals surface area contributed by atoms with Gasteiger partial charge in [0.1, 0.15) is 0 Å². The van der Waals surface area contributed by atoms with Crippen LogP contribution in [-0.4, -0.2) is 0 Å². The minimum absolute atomic E-state index is 1.23. The standard InChI is InChI=1S/C8H13/c1-5-8(4)6-7(2)3/h5-6H,1H2,2-4H3/b8-5+. The Labute approximate surface area is 51.9 Å². The fourth-order valence-electron chi connectivity index (χ4n) is 0.514. The summed E-state index contributed by atoms with van der Waals surface area (Å²) in [7, 11) is 0. The molecule has 0 heterocycles. The molecular formula is C8H13. The Morgan fingerprint density at radius 3 is 1.88 bits per heavy atom. The van der Waals surface area contributed by atoms with Crippen molar-refractivity contribution in [1.82, 2.24) is 0 Å². The Morgan fingerprint density at radius 1 is 1.25 bits per heavy atom. The zero-order valence-electron chi connectivity index (χ0n) is 5.86. The molecule has 0 amide bonds. The molecular weight excluding hydrogens is 96.1 g/mol. The summed E-state index contributed by atoms with van der Waals surface area (Å²) in [6, 6.07) is 0. The maximum absolute atomic E-state index is 3.63. The van der Waals surface area contributed by atoms with Gasteiger partial charge >= 0.3 is 0 Å². The largest absolute Gasteiger partial charge is 0.0813 e.